The van der Waals surface area contributed by atoms with Gasteiger partial charge in [-0.25, -0.2) is 13.2 Å². The van der Waals surface area contributed by atoms with Crippen molar-refractivity contribution >= 4 is 11.5 Å². The van der Waals surface area contributed by atoms with Crippen LogP contribution >= 0.6 is 0 Å². The fraction of sp³-hybridized carbons (Fsp3) is 0.0714. The van der Waals surface area contributed by atoms with Gasteiger partial charge in [-0.3, -0.25) is 4.79 Å². The zero-order valence-electron chi connectivity index (χ0n) is 10.0. The first-order valence-corrected chi connectivity index (χ1v) is 5.46. The predicted octanol–water partition coefficient (Wildman–Crippen LogP) is 3.23. The standard InChI is InChI=1S/C14H10F3NO/c1-7-6-8(18)2-3-9(7)14(19)10-4-5-11(15)13(17)12(10)16/h2-6H,18H2,1H3. The van der Waals surface area contributed by atoms with Crippen molar-refractivity contribution in [2.24, 2.45) is 0 Å². The minimum absolute atomic E-state index is 0.194. The van der Waals surface area contributed by atoms with Gasteiger partial charge in [-0.05, 0) is 42.8 Å². The molecule has 98 valence electrons. The summed E-state index contributed by atoms with van der Waals surface area (Å²) in [5.74, 6) is -5.18. The lowest BCUT2D eigenvalue weighted by atomic mass is 9.98. The van der Waals surface area contributed by atoms with Crippen LogP contribution < -0.4 is 5.73 Å². The largest absolute Gasteiger partial charge is 0.399 e. The number of nitrogen functional groups attached to an aromatic ring is 1. The average molecular weight is 265 g/mol. The van der Waals surface area contributed by atoms with Gasteiger partial charge < -0.3 is 5.73 Å². The van der Waals surface area contributed by atoms with Crippen LogP contribution in [0.15, 0.2) is 30.3 Å². The van der Waals surface area contributed by atoms with E-state index in [1.165, 1.54) is 12.1 Å². The maximum absolute atomic E-state index is 13.5. The monoisotopic (exact) mass is 265 g/mol. The summed E-state index contributed by atoms with van der Waals surface area (Å²) in [7, 11) is 0. The molecule has 0 heterocycles. The molecule has 0 saturated carbocycles. The summed E-state index contributed by atoms with van der Waals surface area (Å²) in [6, 6.07) is 6.10. The topological polar surface area (TPSA) is 43.1 Å². The second-order valence-corrected chi connectivity index (χ2v) is 4.13. The van der Waals surface area contributed by atoms with Gasteiger partial charge in [-0.1, -0.05) is 0 Å². The quantitative estimate of drug-likeness (QED) is 0.514. The van der Waals surface area contributed by atoms with Gasteiger partial charge >= 0.3 is 0 Å². The van der Waals surface area contributed by atoms with Crippen molar-refractivity contribution in [1.29, 1.82) is 0 Å². The molecule has 2 aromatic carbocycles. The highest BCUT2D eigenvalue weighted by molar-refractivity contribution is 6.10. The lowest BCUT2D eigenvalue weighted by Crippen LogP contribution is -2.09. The fourth-order valence-corrected chi connectivity index (χ4v) is 1.79. The van der Waals surface area contributed by atoms with E-state index in [9.17, 15) is 18.0 Å². The van der Waals surface area contributed by atoms with E-state index in [2.05, 4.69) is 0 Å². The Hall–Kier alpha value is -2.30. The third-order valence-electron chi connectivity index (χ3n) is 2.77. The van der Waals surface area contributed by atoms with Gasteiger partial charge in [-0.2, -0.15) is 0 Å². The molecule has 0 spiro atoms. The van der Waals surface area contributed by atoms with E-state index in [0.29, 0.717) is 11.3 Å². The summed E-state index contributed by atoms with van der Waals surface area (Å²) in [5.41, 5.74) is 6.23. The average Bonchev–Trinajstić information content (AvgIpc) is 2.35. The Morgan fingerprint density at radius 3 is 2.26 bits per heavy atom. The molecule has 0 saturated heterocycles. The summed E-state index contributed by atoms with van der Waals surface area (Å²) < 4.78 is 39.5. The van der Waals surface area contributed by atoms with Crippen LogP contribution in [-0.2, 0) is 0 Å². The Labute approximate surface area is 107 Å². The van der Waals surface area contributed by atoms with Crippen molar-refractivity contribution in [2.75, 3.05) is 5.73 Å². The molecule has 2 N–H and O–H groups in total. The highest BCUT2D eigenvalue weighted by atomic mass is 19.2. The molecule has 0 fully saturated rings. The number of nitrogens with two attached hydrogens (primary N) is 1. The van der Waals surface area contributed by atoms with Crippen LogP contribution in [0.4, 0.5) is 18.9 Å². The molecule has 0 aromatic heterocycles. The number of hydrogen-bond acceptors (Lipinski definition) is 2. The second-order valence-electron chi connectivity index (χ2n) is 4.13. The van der Waals surface area contributed by atoms with Crippen molar-refractivity contribution < 1.29 is 18.0 Å². The predicted molar refractivity (Wildman–Crippen MR) is 65.3 cm³/mol. The first-order chi connectivity index (χ1) is 8.91. The van der Waals surface area contributed by atoms with Crippen molar-refractivity contribution in [2.45, 2.75) is 6.92 Å². The van der Waals surface area contributed by atoms with Gasteiger partial charge in [0.05, 0.1) is 5.56 Å². The molecule has 19 heavy (non-hydrogen) atoms. The van der Waals surface area contributed by atoms with E-state index in [4.69, 9.17) is 5.73 Å². The number of anilines is 1. The SMILES string of the molecule is Cc1cc(N)ccc1C(=O)c1ccc(F)c(F)c1F. The smallest absolute Gasteiger partial charge is 0.196 e. The zero-order valence-corrected chi connectivity index (χ0v) is 10.0. The van der Waals surface area contributed by atoms with E-state index in [1.54, 1.807) is 13.0 Å². The van der Waals surface area contributed by atoms with Gasteiger partial charge in [0.1, 0.15) is 0 Å². The second kappa shape index (κ2) is 4.76. The van der Waals surface area contributed by atoms with Gasteiger partial charge in [0.25, 0.3) is 0 Å². The first-order valence-electron chi connectivity index (χ1n) is 5.46. The molecule has 0 aliphatic carbocycles. The van der Waals surface area contributed by atoms with E-state index < -0.39 is 28.8 Å². The van der Waals surface area contributed by atoms with Crippen LogP contribution in [0.5, 0.6) is 0 Å². The first kappa shape index (κ1) is 13.1. The lowest BCUT2D eigenvalue weighted by Gasteiger charge is -2.07. The van der Waals surface area contributed by atoms with Crippen LogP contribution in [0.1, 0.15) is 21.5 Å². The van der Waals surface area contributed by atoms with Crippen LogP contribution in [0, 0.1) is 24.4 Å². The van der Waals surface area contributed by atoms with Crippen molar-refractivity contribution in [3.8, 4) is 0 Å². The van der Waals surface area contributed by atoms with Crippen molar-refractivity contribution in [3.63, 3.8) is 0 Å². The number of carbonyl (C=O) groups is 1. The Bertz CT molecular complexity index is 668. The summed E-state index contributed by atoms with van der Waals surface area (Å²) in [4.78, 5) is 12.1. The zero-order chi connectivity index (χ0) is 14.2. The molecular formula is C14H10F3NO. The molecule has 0 atom stereocenters. The number of ketones is 1. The van der Waals surface area contributed by atoms with Gasteiger partial charge in [-0.15, -0.1) is 0 Å². The fourth-order valence-electron chi connectivity index (χ4n) is 1.79. The van der Waals surface area contributed by atoms with Crippen LogP contribution in [-0.4, -0.2) is 5.78 Å². The van der Waals surface area contributed by atoms with Crippen molar-refractivity contribution in [1.82, 2.24) is 0 Å². The van der Waals surface area contributed by atoms with Gasteiger partial charge in [0.2, 0.25) is 0 Å². The molecule has 0 aliphatic rings. The highest BCUT2D eigenvalue weighted by Crippen LogP contribution is 2.21. The van der Waals surface area contributed by atoms with E-state index >= 15 is 0 Å². The number of benzene rings is 2. The molecule has 5 heteroatoms. The van der Waals surface area contributed by atoms with Crippen LogP contribution in [0.3, 0.4) is 0 Å². The van der Waals surface area contributed by atoms with Crippen molar-refractivity contribution in [3.05, 3.63) is 64.5 Å². The van der Waals surface area contributed by atoms with E-state index in [1.807, 2.05) is 0 Å². The molecule has 2 rings (SSSR count). The van der Waals surface area contributed by atoms with E-state index in [0.717, 1.165) is 12.1 Å². The number of aryl methyl sites for hydroxylation is 1. The number of carbonyl (C=O) groups excluding carboxylic acids is 1. The van der Waals surface area contributed by atoms with Gasteiger partial charge in [0.15, 0.2) is 23.2 Å². The summed E-state index contributed by atoms with van der Waals surface area (Å²) in [6.45, 7) is 1.63. The van der Waals surface area contributed by atoms with E-state index in [-0.39, 0.29) is 5.56 Å². The molecule has 0 bridgehead atoms. The third-order valence-corrected chi connectivity index (χ3v) is 2.77. The minimum Gasteiger partial charge on any atom is -0.399 e. The Morgan fingerprint density at radius 1 is 1.00 bits per heavy atom. The molecule has 0 radical (unpaired) electrons. The number of halogens is 3. The molecule has 2 nitrogen and oxygen atoms in total. The molecule has 0 aliphatic heterocycles. The summed E-state index contributed by atoms with van der Waals surface area (Å²) in [5, 5.41) is 0. The number of rotatable bonds is 2. The lowest BCUT2D eigenvalue weighted by molar-refractivity contribution is 0.103. The maximum Gasteiger partial charge on any atom is 0.196 e. The maximum atomic E-state index is 13.5. The third kappa shape index (κ3) is 2.31. The number of hydrogen-bond donors (Lipinski definition) is 1. The molecule has 0 unspecified atom stereocenters. The minimum atomic E-state index is -1.65. The summed E-state index contributed by atoms with van der Waals surface area (Å²) >= 11 is 0. The Balaban J connectivity index is 2.53. The normalized spacial score (nSPS) is 10.5. The molecule has 2 aromatic rings. The Kier molecular flexibility index (Phi) is 3.29. The Morgan fingerprint density at radius 2 is 1.63 bits per heavy atom. The van der Waals surface area contributed by atoms with Crippen LogP contribution in [0.2, 0.25) is 0 Å². The molecule has 0 amide bonds. The van der Waals surface area contributed by atoms with Crippen LogP contribution in [0.25, 0.3) is 0 Å². The molecular weight excluding hydrogens is 255 g/mol. The summed E-state index contributed by atoms with van der Waals surface area (Å²) in [6.07, 6.45) is 0. The van der Waals surface area contributed by atoms with Gasteiger partial charge in [0, 0.05) is 11.3 Å². The highest BCUT2D eigenvalue weighted by Gasteiger charge is 2.20.